The number of carboxylic acid groups (broad SMARTS) is 1. The molecule has 1 aliphatic rings. The van der Waals surface area contributed by atoms with E-state index in [4.69, 9.17) is 16.7 Å². The summed E-state index contributed by atoms with van der Waals surface area (Å²) in [4.78, 5) is 24.3. The molecule has 18 heavy (non-hydrogen) atoms. The van der Waals surface area contributed by atoms with Gasteiger partial charge in [-0.05, 0) is 25.0 Å². The molecule has 1 aromatic carbocycles. The number of carbonyl (C=O) groups is 2. The predicted molar refractivity (Wildman–Crippen MR) is 67.8 cm³/mol. The van der Waals surface area contributed by atoms with Crippen LogP contribution in [0.3, 0.4) is 0 Å². The Balaban J connectivity index is 2.08. The summed E-state index contributed by atoms with van der Waals surface area (Å²) in [5, 5.41) is 12.1. The minimum absolute atomic E-state index is 0.423. The number of hydrogen-bond donors (Lipinski definition) is 2. The van der Waals surface area contributed by atoms with Crippen molar-refractivity contribution in [1.29, 1.82) is 0 Å². The maximum Gasteiger partial charge on any atom is 0.326 e. The average Bonchev–Trinajstić information content (AvgIpc) is 2.81. The summed E-state index contributed by atoms with van der Waals surface area (Å²) in [6.45, 7) is 0.452. The lowest BCUT2D eigenvalue weighted by molar-refractivity contribution is -0.141. The van der Waals surface area contributed by atoms with Crippen molar-refractivity contribution in [2.45, 2.75) is 18.9 Å². The van der Waals surface area contributed by atoms with Gasteiger partial charge in [-0.3, -0.25) is 0 Å². The molecule has 0 aliphatic carbocycles. The largest absolute Gasteiger partial charge is 0.480 e. The van der Waals surface area contributed by atoms with Crippen molar-refractivity contribution in [1.82, 2.24) is 4.90 Å². The topological polar surface area (TPSA) is 69.6 Å². The summed E-state index contributed by atoms with van der Waals surface area (Å²) in [5.41, 5.74) is 0.486. The molecule has 1 aromatic rings. The number of aliphatic carboxylic acids is 1. The first-order chi connectivity index (χ1) is 8.59. The number of likely N-dealkylation sites (tertiary alicyclic amines) is 1. The van der Waals surface area contributed by atoms with Crippen molar-refractivity contribution in [3.8, 4) is 0 Å². The molecular weight excluding hydrogens is 256 g/mol. The standard InChI is InChI=1S/C12H13ClN2O3/c13-8-4-1-2-5-9(8)14-12(18)15-7-3-6-10(15)11(16)17/h1-2,4-5,10H,3,6-7H2,(H,14,18)(H,16,17)/t10-/m1/s1. The number of rotatable bonds is 2. The number of nitrogens with one attached hydrogen (secondary N) is 1. The summed E-state index contributed by atoms with van der Waals surface area (Å²) in [6.07, 6.45) is 1.19. The van der Waals surface area contributed by atoms with Crippen LogP contribution in [0.15, 0.2) is 24.3 Å². The van der Waals surface area contributed by atoms with Gasteiger partial charge in [-0.15, -0.1) is 0 Å². The maximum atomic E-state index is 12.0. The number of nitrogens with zero attached hydrogens (tertiary/aromatic N) is 1. The summed E-state index contributed by atoms with van der Waals surface area (Å²) in [5.74, 6) is -0.971. The molecule has 0 saturated carbocycles. The molecule has 1 heterocycles. The Labute approximate surface area is 109 Å². The van der Waals surface area contributed by atoms with E-state index in [1.807, 2.05) is 0 Å². The number of carboxylic acids is 1. The van der Waals surface area contributed by atoms with E-state index in [2.05, 4.69) is 5.32 Å². The van der Waals surface area contributed by atoms with E-state index in [1.54, 1.807) is 24.3 Å². The molecule has 6 heteroatoms. The van der Waals surface area contributed by atoms with Crippen molar-refractivity contribution in [3.05, 3.63) is 29.3 Å². The third-order valence-corrected chi connectivity index (χ3v) is 3.24. The molecule has 2 rings (SSSR count). The van der Waals surface area contributed by atoms with E-state index >= 15 is 0 Å². The zero-order chi connectivity index (χ0) is 13.1. The van der Waals surface area contributed by atoms with Crippen molar-refractivity contribution in [2.75, 3.05) is 11.9 Å². The number of benzene rings is 1. The van der Waals surface area contributed by atoms with E-state index in [0.29, 0.717) is 30.1 Å². The van der Waals surface area contributed by atoms with Crippen LogP contribution in [-0.4, -0.2) is 34.6 Å². The predicted octanol–water partition coefficient (Wildman–Crippen LogP) is 2.42. The second-order valence-corrected chi connectivity index (χ2v) is 4.51. The van der Waals surface area contributed by atoms with Gasteiger partial charge in [-0.25, -0.2) is 9.59 Å². The average molecular weight is 269 g/mol. The van der Waals surface area contributed by atoms with Crippen LogP contribution in [0.2, 0.25) is 5.02 Å². The highest BCUT2D eigenvalue weighted by Gasteiger charge is 2.34. The van der Waals surface area contributed by atoms with Gasteiger partial charge in [-0.2, -0.15) is 0 Å². The SMILES string of the molecule is O=C(O)[C@H]1CCCN1C(=O)Nc1ccccc1Cl. The molecule has 1 atom stereocenters. The van der Waals surface area contributed by atoms with Crippen molar-refractivity contribution in [3.63, 3.8) is 0 Å². The van der Waals surface area contributed by atoms with Gasteiger partial charge in [0.15, 0.2) is 0 Å². The van der Waals surface area contributed by atoms with Gasteiger partial charge in [0, 0.05) is 6.54 Å². The second kappa shape index (κ2) is 5.27. The van der Waals surface area contributed by atoms with Crippen LogP contribution < -0.4 is 5.32 Å². The monoisotopic (exact) mass is 268 g/mol. The van der Waals surface area contributed by atoms with E-state index in [1.165, 1.54) is 4.90 Å². The van der Waals surface area contributed by atoms with E-state index < -0.39 is 18.0 Å². The van der Waals surface area contributed by atoms with Gasteiger partial charge in [0.25, 0.3) is 0 Å². The van der Waals surface area contributed by atoms with E-state index in [0.717, 1.165) is 0 Å². The van der Waals surface area contributed by atoms with Gasteiger partial charge >= 0.3 is 12.0 Å². The Hall–Kier alpha value is -1.75. The number of halogens is 1. The molecule has 2 N–H and O–H groups in total. The lowest BCUT2D eigenvalue weighted by Crippen LogP contribution is -2.42. The molecule has 1 aliphatic heterocycles. The minimum atomic E-state index is -0.971. The van der Waals surface area contributed by atoms with Gasteiger partial charge < -0.3 is 15.3 Å². The zero-order valence-electron chi connectivity index (χ0n) is 9.60. The normalized spacial score (nSPS) is 18.7. The van der Waals surface area contributed by atoms with Crippen LogP contribution in [0.4, 0.5) is 10.5 Å². The molecule has 0 aromatic heterocycles. The number of urea groups is 1. The number of anilines is 1. The quantitative estimate of drug-likeness (QED) is 0.865. The van der Waals surface area contributed by atoms with Crippen LogP contribution in [-0.2, 0) is 4.79 Å². The minimum Gasteiger partial charge on any atom is -0.480 e. The van der Waals surface area contributed by atoms with E-state index in [9.17, 15) is 9.59 Å². The molecule has 2 amide bonds. The number of amides is 2. The first-order valence-electron chi connectivity index (χ1n) is 5.64. The highest BCUT2D eigenvalue weighted by molar-refractivity contribution is 6.33. The fourth-order valence-electron chi connectivity index (χ4n) is 2.02. The van der Waals surface area contributed by atoms with Crippen LogP contribution in [0, 0.1) is 0 Å². The lowest BCUT2D eigenvalue weighted by Gasteiger charge is -2.22. The van der Waals surface area contributed by atoms with Crippen LogP contribution >= 0.6 is 11.6 Å². The number of hydrogen-bond acceptors (Lipinski definition) is 2. The molecule has 1 fully saturated rings. The maximum absolute atomic E-state index is 12.0. The summed E-state index contributed by atoms with van der Waals surface area (Å²) in [7, 11) is 0. The highest BCUT2D eigenvalue weighted by atomic mass is 35.5. The van der Waals surface area contributed by atoms with Crippen LogP contribution in [0.5, 0.6) is 0 Å². The molecule has 0 spiro atoms. The Kier molecular flexibility index (Phi) is 3.72. The fraction of sp³-hybridized carbons (Fsp3) is 0.333. The number of carbonyl (C=O) groups excluding carboxylic acids is 1. The van der Waals surface area contributed by atoms with Gasteiger partial charge in [0.1, 0.15) is 6.04 Å². The second-order valence-electron chi connectivity index (χ2n) is 4.10. The Morgan fingerprint density at radius 3 is 2.78 bits per heavy atom. The molecule has 5 nitrogen and oxygen atoms in total. The van der Waals surface area contributed by atoms with Crippen molar-refractivity contribution < 1.29 is 14.7 Å². The Bertz CT molecular complexity index is 478. The molecule has 0 unspecified atom stereocenters. The third-order valence-electron chi connectivity index (χ3n) is 2.91. The number of para-hydroxylation sites is 1. The molecule has 96 valence electrons. The molecule has 1 saturated heterocycles. The van der Waals surface area contributed by atoms with Gasteiger partial charge in [-0.1, -0.05) is 23.7 Å². The smallest absolute Gasteiger partial charge is 0.326 e. The summed E-state index contributed by atoms with van der Waals surface area (Å²) < 4.78 is 0. The third kappa shape index (κ3) is 2.56. The van der Waals surface area contributed by atoms with Crippen molar-refractivity contribution >= 4 is 29.3 Å². The molecule has 0 radical (unpaired) electrons. The zero-order valence-corrected chi connectivity index (χ0v) is 10.4. The lowest BCUT2D eigenvalue weighted by atomic mass is 10.2. The summed E-state index contributed by atoms with van der Waals surface area (Å²) in [6, 6.07) is 5.68. The first-order valence-corrected chi connectivity index (χ1v) is 6.02. The van der Waals surface area contributed by atoms with Crippen molar-refractivity contribution in [2.24, 2.45) is 0 Å². The Morgan fingerprint density at radius 2 is 2.11 bits per heavy atom. The van der Waals surface area contributed by atoms with Crippen LogP contribution in [0.1, 0.15) is 12.8 Å². The van der Waals surface area contributed by atoms with Gasteiger partial charge in [0.05, 0.1) is 10.7 Å². The highest BCUT2D eigenvalue weighted by Crippen LogP contribution is 2.23. The van der Waals surface area contributed by atoms with Gasteiger partial charge in [0.2, 0.25) is 0 Å². The molecular formula is C12H13ClN2O3. The molecule has 0 bridgehead atoms. The summed E-state index contributed by atoms with van der Waals surface area (Å²) >= 11 is 5.92. The first kappa shape index (κ1) is 12.7. The van der Waals surface area contributed by atoms with Crippen LogP contribution in [0.25, 0.3) is 0 Å². The Morgan fingerprint density at radius 1 is 1.39 bits per heavy atom. The van der Waals surface area contributed by atoms with E-state index in [-0.39, 0.29) is 0 Å². The fourth-order valence-corrected chi connectivity index (χ4v) is 2.20.